The smallest absolute Gasteiger partial charge is 0.342 e. The topological polar surface area (TPSA) is 73.2 Å². The van der Waals surface area contributed by atoms with E-state index in [1.54, 1.807) is 10.9 Å². The third-order valence-corrected chi connectivity index (χ3v) is 4.42. The van der Waals surface area contributed by atoms with Crippen LogP contribution in [-0.4, -0.2) is 35.3 Å². The largest absolute Gasteiger partial charge is 0.452 e. The molecule has 0 bridgehead atoms. The van der Waals surface area contributed by atoms with Gasteiger partial charge in [0.05, 0.1) is 5.69 Å². The highest BCUT2D eigenvalue weighted by Gasteiger charge is 2.21. The van der Waals surface area contributed by atoms with E-state index < -0.39 is 5.97 Å². The molecule has 0 atom stereocenters. The molecule has 0 saturated heterocycles. The maximum Gasteiger partial charge on any atom is 0.342 e. The van der Waals surface area contributed by atoms with Crippen molar-refractivity contribution in [1.29, 1.82) is 0 Å². The quantitative estimate of drug-likeness (QED) is 0.667. The molecule has 0 aliphatic rings. The minimum Gasteiger partial charge on any atom is -0.452 e. The van der Waals surface area contributed by atoms with Gasteiger partial charge in [0, 0.05) is 18.8 Å². The number of esters is 1. The van der Waals surface area contributed by atoms with Crippen LogP contribution in [0.25, 0.3) is 16.9 Å². The Hall–Kier alpha value is -3.41. The minimum atomic E-state index is -0.589. The molecule has 28 heavy (non-hydrogen) atoms. The molecular formula is C22H23N3O3. The second kappa shape index (κ2) is 8.52. The predicted molar refractivity (Wildman–Crippen MR) is 107 cm³/mol. The Bertz CT molecular complexity index is 960. The van der Waals surface area contributed by atoms with Gasteiger partial charge in [-0.3, -0.25) is 4.79 Å². The summed E-state index contributed by atoms with van der Waals surface area (Å²) in [6.07, 6.45) is 1.63. The van der Waals surface area contributed by atoms with Crippen molar-refractivity contribution in [1.82, 2.24) is 15.1 Å². The fraction of sp³-hybridized carbons (Fsp3) is 0.227. The highest BCUT2D eigenvalue weighted by atomic mass is 16.5. The lowest BCUT2D eigenvalue weighted by molar-refractivity contribution is -0.123. The number of likely N-dealkylation sites (N-methyl/N-ethyl adjacent to an activating group) is 1. The highest BCUT2D eigenvalue weighted by molar-refractivity contribution is 5.97. The molecule has 3 rings (SSSR count). The van der Waals surface area contributed by atoms with E-state index in [0.29, 0.717) is 17.2 Å². The van der Waals surface area contributed by atoms with E-state index in [2.05, 4.69) is 24.3 Å². The van der Waals surface area contributed by atoms with Crippen molar-refractivity contribution in [3.8, 4) is 16.9 Å². The Morgan fingerprint density at radius 1 is 1.07 bits per heavy atom. The van der Waals surface area contributed by atoms with E-state index in [1.165, 1.54) is 12.6 Å². The van der Waals surface area contributed by atoms with E-state index in [1.807, 2.05) is 54.6 Å². The number of nitrogens with one attached hydrogen (secondary N) is 1. The summed E-state index contributed by atoms with van der Waals surface area (Å²) in [5, 5.41) is 7.04. The first-order valence-electron chi connectivity index (χ1n) is 9.12. The molecule has 0 aliphatic heterocycles. The monoisotopic (exact) mass is 377 g/mol. The van der Waals surface area contributed by atoms with Crippen LogP contribution in [0.15, 0.2) is 60.8 Å². The molecule has 0 fully saturated rings. The van der Waals surface area contributed by atoms with Crippen LogP contribution in [0, 0.1) is 0 Å². The van der Waals surface area contributed by atoms with Gasteiger partial charge in [0.1, 0.15) is 11.3 Å². The van der Waals surface area contributed by atoms with Gasteiger partial charge in [-0.2, -0.15) is 5.10 Å². The van der Waals surface area contributed by atoms with E-state index in [4.69, 9.17) is 4.74 Å². The molecular weight excluding hydrogens is 354 g/mol. The van der Waals surface area contributed by atoms with Crippen molar-refractivity contribution < 1.29 is 14.3 Å². The molecule has 1 N–H and O–H groups in total. The first-order chi connectivity index (χ1) is 13.5. The summed E-state index contributed by atoms with van der Waals surface area (Å²) in [6.45, 7) is 3.92. The van der Waals surface area contributed by atoms with Crippen LogP contribution >= 0.6 is 0 Å². The van der Waals surface area contributed by atoms with Gasteiger partial charge in [-0.05, 0) is 23.6 Å². The maximum absolute atomic E-state index is 12.6. The normalized spacial score (nSPS) is 10.7. The number of nitrogens with zero attached hydrogens (tertiary/aromatic N) is 2. The van der Waals surface area contributed by atoms with Gasteiger partial charge < -0.3 is 10.1 Å². The van der Waals surface area contributed by atoms with Gasteiger partial charge in [0.15, 0.2) is 6.61 Å². The lowest BCUT2D eigenvalue weighted by Gasteiger charge is -2.07. The summed E-state index contributed by atoms with van der Waals surface area (Å²) in [5.41, 5.74) is 3.67. The zero-order valence-electron chi connectivity index (χ0n) is 16.2. The first kappa shape index (κ1) is 19.4. The molecule has 6 nitrogen and oxygen atoms in total. The lowest BCUT2D eigenvalue weighted by atomic mass is 10.00. The van der Waals surface area contributed by atoms with Gasteiger partial charge >= 0.3 is 5.97 Å². The molecule has 0 aliphatic carbocycles. The second-order valence-corrected chi connectivity index (χ2v) is 6.70. The van der Waals surface area contributed by atoms with Crippen LogP contribution in [-0.2, 0) is 9.53 Å². The third-order valence-electron chi connectivity index (χ3n) is 4.42. The van der Waals surface area contributed by atoms with Crippen molar-refractivity contribution in [3.05, 3.63) is 71.9 Å². The number of ether oxygens (including phenoxy) is 1. The number of amides is 1. The number of para-hydroxylation sites is 1. The van der Waals surface area contributed by atoms with Crippen molar-refractivity contribution in [2.24, 2.45) is 0 Å². The summed E-state index contributed by atoms with van der Waals surface area (Å²) in [4.78, 5) is 24.0. The molecule has 0 saturated carbocycles. The number of carbonyl (C=O) groups is 2. The van der Waals surface area contributed by atoms with E-state index in [0.717, 1.165) is 11.3 Å². The second-order valence-electron chi connectivity index (χ2n) is 6.70. The molecule has 0 radical (unpaired) electrons. The van der Waals surface area contributed by atoms with Crippen molar-refractivity contribution in [2.75, 3.05) is 13.7 Å². The summed E-state index contributed by atoms with van der Waals surface area (Å²) in [6, 6.07) is 17.5. The average Bonchev–Trinajstić information content (AvgIpc) is 3.18. The number of hydrogen-bond donors (Lipinski definition) is 1. The first-order valence-corrected chi connectivity index (χ1v) is 9.12. The average molecular weight is 377 g/mol. The Balaban J connectivity index is 1.99. The van der Waals surface area contributed by atoms with Gasteiger partial charge in [-0.15, -0.1) is 0 Å². The minimum absolute atomic E-state index is 0.310. The van der Waals surface area contributed by atoms with Gasteiger partial charge in [0.2, 0.25) is 0 Å². The van der Waals surface area contributed by atoms with Crippen molar-refractivity contribution in [3.63, 3.8) is 0 Å². The van der Waals surface area contributed by atoms with Gasteiger partial charge in [-0.1, -0.05) is 56.3 Å². The zero-order valence-corrected chi connectivity index (χ0v) is 16.2. The summed E-state index contributed by atoms with van der Waals surface area (Å²) in [5.74, 6) is -0.548. The Kier molecular flexibility index (Phi) is 5.89. The number of hydrogen-bond acceptors (Lipinski definition) is 4. The van der Waals surface area contributed by atoms with Crippen LogP contribution in [0.3, 0.4) is 0 Å². The fourth-order valence-corrected chi connectivity index (χ4v) is 2.76. The van der Waals surface area contributed by atoms with Crippen LogP contribution in [0.4, 0.5) is 0 Å². The summed E-state index contributed by atoms with van der Waals surface area (Å²) < 4.78 is 6.79. The Labute approximate surface area is 164 Å². The van der Waals surface area contributed by atoms with Crippen LogP contribution in [0.2, 0.25) is 0 Å². The molecule has 144 valence electrons. The predicted octanol–water partition coefficient (Wildman–Crippen LogP) is 3.57. The molecule has 1 amide bonds. The number of rotatable bonds is 6. The van der Waals surface area contributed by atoms with Gasteiger partial charge in [-0.25, -0.2) is 9.48 Å². The van der Waals surface area contributed by atoms with E-state index in [-0.39, 0.29) is 12.5 Å². The number of carbonyl (C=O) groups excluding carboxylic acids is 2. The Morgan fingerprint density at radius 2 is 1.75 bits per heavy atom. The zero-order chi connectivity index (χ0) is 20.1. The summed E-state index contributed by atoms with van der Waals surface area (Å²) in [7, 11) is 1.49. The van der Waals surface area contributed by atoms with Crippen LogP contribution in [0.1, 0.15) is 35.7 Å². The SMILES string of the molecule is CNC(=O)COC(=O)c1cn(-c2ccccc2)nc1-c1ccc(C(C)C)cc1. The molecule has 1 aromatic heterocycles. The number of benzene rings is 2. The van der Waals surface area contributed by atoms with Crippen molar-refractivity contribution in [2.45, 2.75) is 19.8 Å². The van der Waals surface area contributed by atoms with E-state index in [9.17, 15) is 9.59 Å². The van der Waals surface area contributed by atoms with Crippen molar-refractivity contribution >= 4 is 11.9 Å². The molecule has 1 heterocycles. The fourth-order valence-electron chi connectivity index (χ4n) is 2.76. The number of aromatic nitrogens is 2. The third kappa shape index (κ3) is 4.28. The molecule has 2 aromatic carbocycles. The van der Waals surface area contributed by atoms with E-state index >= 15 is 0 Å². The lowest BCUT2D eigenvalue weighted by Crippen LogP contribution is -2.25. The molecule has 0 unspecified atom stereocenters. The molecule has 6 heteroatoms. The Morgan fingerprint density at radius 3 is 2.36 bits per heavy atom. The maximum atomic E-state index is 12.6. The molecule has 3 aromatic rings. The highest BCUT2D eigenvalue weighted by Crippen LogP contribution is 2.26. The van der Waals surface area contributed by atoms with Crippen LogP contribution < -0.4 is 5.32 Å². The summed E-state index contributed by atoms with van der Waals surface area (Å²) >= 11 is 0. The standard InChI is InChI=1S/C22H23N3O3/c1-15(2)16-9-11-17(12-10-16)21-19(22(27)28-14-20(26)23-3)13-25(24-21)18-7-5-4-6-8-18/h4-13,15H,14H2,1-3H3,(H,23,26). The molecule has 0 spiro atoms. The van der Waals surface area contributed by atoms with Gasteiger partial charge in [0.25, 0.3) is 5.91 Å². The van der Waals surface area contributed by atoms with Crippen LogP contribution in [0.5, 0.6) is 0 Å².